The minimum Gasteiger partial charge on any atom is -0.437 e. The van der Waals surface area contributed by atoms with E-state index in [1.165, 1.54) is 32.7 Å². The Morgan fingerprint density at radius 3 is 1.73 bits per heavy atom. The molecule has 2 aromatic carbocycles. The van der Waals surface area contributed by atoms with Crippen LogP contribution in [0, 0.1) is 22.7 Å². The summed E-state index contributed by atoms with van der Waals surface area (Å²) in [6.45, 7) is 11.4. The fourth-order valence-electron chi connectivity index (χ4n) is 9.80. The van der Waals surface area contributed by atoms with Crippen molar-refractivity contribution >= 4 is 67.9 Å². The Balaban J connectivity index is 0.000000240. The summed E-state index contributed by atoms with van der Waals surface area (Å²) in [5, 5.41) is 32.1. The van der Waals surface area contributed by atoms with Gasteiger partial charge in [-0.2, -0.15) is 10.5 Å². The van der Waals surface area contributed by atoms with E-state index in [0.717, 1.165) is 50.4 Å². The lowest BCUT2D eigenvalue weighted by molar-refractivity contribution is -0.148. The van der Waals surface area contributed by atoms with Gasteiger partial charge in [0.25, 0.3) is 0 Å². The van der Waals surface area contributed by atoms with Crippen molar-refractivity contribution in [1.82, 2.24) is 29.7 Å². The molecule has 0 aliphatic carbocycles. The molecule has 6 heterocycles. The summed E-state index contributed by atoms with van der Waals surface area (Å²) in [4.78, 5) is 37.6. The van der Waals surface area contributed by atoms with E-state index < -0.39 is 13.4 Å². The predicted molar refractivity (Wildman–Crippen MR) is 250 cm³/mol. The standard InChI is InChI=1S/C21H29BN4O3.C20H26N4O2.CH4.B5.ClH/c1-22(28)26-10-9-25(20(27)12-16-5-4-6-17(11-16)13-23)21-18(14-29-15-19(21)26)24-7-2-3-8-24;21-12-16-5-3-4-15(10-16)11-19(25)24-9-6-22-17-13-26-14-18(20(17)24)23-7-1-2-8-23;;1-4-5(2)3;/h4-6,11,18-19,21,28H,2-3,7-10,12,14-15H2,1H3;3-5,10,17-18,20,22H,1-2,6-9,11,13-14H2;1H4;;1H/t18-,19+,21+;17-,18+,20+;;;/m01.../s1. The van der Waals surface area contributed by atoms with Gasteiger partial charge >= 0.3 is 7.05 Å². The summed E-state index contributed by atoms with van der Waals surface area (Å²) < 4.78 is 11.8. The predicted octanol–water partition coefficient (Wildman–Crippen LogP) is 0.505. The fourth-order valence-corrected chi connectivity index (χ4v) is 9.80. The van der Waals surface area contributed by atoms with Crippen molar-refractivity contribution in [3.05, 3.63) is 70.8 Å². The third-order valence-electron chi connectivity index (χ3n) is 12.6. The first kappa shape index (κ1) is 51.4. The molecule has 6 aliphatic heterocycles. The van der Waals surface area contributed by atoms with E-state index in [0.29, 0.717) is 63.5 Å². The Hall–Kier alpha value is -3.24. The molecular formula is C42H60B6ClN8O5. The summed E-state index contributed by atoms with van der Waals surface area (Å²) in [6, 6.07) is 19.8. The lowest BCUT2D eigenvalue weighted by atomic mass is 8.97. The zero-order valence-electron chi connectivity index (χ0n) is 35.4. The van der Waals surface area contributed by atoms with E-state index in [9.17, 15) is 14.6 Å². The average molecular weight is 857 g/mol. The number of carbonyl (C=O) groups excluding carboxylic acids is 2. The highest BCUT2D eigenvalue weighted by molar-refractivity contribution is 7.60. The molecule has 0 unspecified atom stereocenters. The van der Waals surface area contributed by atoms with Gasteiger partial charge in [-0.05, 0) is 94.1 Å². The van der Waals surface area contributed by atoms with Crippen LogP contribution in [-0.4, -0.2) is 200 Å². The molecule has 2 N–H and O–H groups in total. The molecule has 0 spiro atoms. The van der Waals surface area contributed by atoms with Crippen LogP contribution in [-0.2, 0) is 31.9 Å². The Morgan fingerprint density at radius 1 is 0.774 bits per heavy atom. The Bertz CT molecular complexity index is 1810. The summed E-state index contributed by atoms with van der Waals surface area (Å²) in [7, 11) is 15.2. The number of fused-ring (bicyclic) bond motifs is 2. The molecule has 323 valence electrons. The summed E-state index contributed by atoms with van der Waals surface area (Å²) >= 11 is 0. The first-order valence-corrected chi connectivity index (χ1v) is 21.6. The van der Waals surface area contributed by atoms with Gasteiger partial charge in [-0.3, -0.25) is 19.4 Å². The number of hydrogen-bond donors (Lipinski definition) is 2. The molecule has 2 aromatic rings. The van der Waals surface area contributed by atoms with Crippen LogP contribution in [0.25, 0.3) is 0 Å². The zero-order valence-corrected chi connectivity index (χ0v) is 36.2. The van der Waals surface area contributed by atoms with Crippen molar-refractivity contribution in [2.45, 2.75) is 89.0 Å². The number of nitriles is 2. The summed E-state index contributed by atoms with van der Waals surface area (Å²) in [5.74, 6) is 0.245. The van der Waals surface area contributed by atoms with Crippen LogP contribution in [0.3, 0.4) is 0 Å². The monoisotopic (exact) mass is 857 g/mol. The van der Waals surface area contributed by atoms with Crippen LogP contribution >= 0.6 is 12.4 Å². The normalized spacial score (nSPS) is 25.9. The molecule has 6 aliphatic rings. The topological polar surface area (TPSA) is 149 Å². The van der Waals surface area contributed by atoms with Crippen LogP contribution < -0.4 is 5.32 Å². The molecule has 62 heavy (non-hydrogen) atoms. The number of halogens is 1. The van der Waals surface area contributed by atoms with Crippen molar-refractivity contribution in [3.63, 3.8) is 0 Å². The fraction of sp³-hybridized carbons (Fsp3) is 0.619. The maximum atomic E-state index is 13.4. The van der Waals surface area contributed by atoms with Gasteiger partial charge in [0.1, 0.15) is 0 Å². The number of amides is 2. The maximum Gasteiger partial charge on any atom is 0.376 e. The van der Waals surface area contributed by atoms with Crippen LogP contribution in [0.2, 0.25) is 6.82 Å². The molecule has 2 amide bonds. The smallest absolute Gasteiger partial charge is 0.376 e. The number of carbonyl (C=O) groups is 2. The Labute approximate surface area is 381 Å². The highest BCUT2D eigenvalue weighted by atomic mass is 35.5. The number of piperazine rings is 2. The van der Waals surface area contributed by atoms with Crippen LogP contribution in [0.5, 0.6) is 0 Å². The number of likely N-dealkylation sites (tertiary alicyclic amines) is 2. The first-order chi connectivity index (χ1) is 29.1. The lowest BCUT2D eigenvalue weighted by Gasteiger charge is -2.54. The van der Waals surface area contributed by atoms with E-state index in [1.54, 1.807) is 25.0 Å². The van der Waals surface area contributed by atoms with Crippen molar-refractivity contribution in [1.29, 1.82) is 10.5 Å². The lowest BCUT2D eigenvalue weighted by Crippen LogP contribution is -2.73. The van der Waals surface area contributed by atoms with Crippen LogP contribution in [0.15, 0.2) is 48.5 Å². The average Bonchev–Trinajstić information content (AvgIpc) is 4.02. The number of nitrogens with one attached hydrogen (secondary N) is 1. The van der Waals surface area contributed by atoms with Crippen molar-refractivity contribution < 1.29 is 24.1 Å². The molecular weight excluding hydrogens is 797 g/mol. The van der Waals surface area contributed by atoms with Gasteiger partial charge in [0.15, 0.2) is 0 Å². The molecule has 8 rings (SSSR count). The van der Waals surface area contributed by atoms with Gasteiger partial charge in [-0.1, -0.05) is 31.7 Å². The second kappa shape index (κ2) is 25.3. The Morgan fingerprint density at radius 2 is 1.24 bits per heavy atom. The Kier molecular flexibility index (Phi) is 21.0. The van der Waals surface area contributed by atoms with Crippen molar-refractivity contribution in [3.8, 4) is 12.1 Å². The molecule has 6 atom stereocenters. The highest BCUT2D eigenvalue weighted by Crippen LogP contribution is 2.31. The molecule has 6 fully saturated rings. The quantitative estimate of drug-likeness (QED) is 0.358. The minimum absolute atomic E-state index is 0. The molecule has 0 saturated carbocycles. The number of rotatable bonds is 8. The minimum atomic E-state index is -0.562. The third-order valence-corrected chi connectivity index (χ3v) is 12.6. The molecule has 0 aromatic heterocycles. The molecule has 6 saturated heterocycles. The van der Waals surface area contributed by atoms with Gasteiger partial charge in [0.05, 0.1) is 92.7 Å². The molecule has 20 heteroatoms. The van der Waals surface area contributed by atoms with Crippen molar-refractivity contribution in [2.75, 3.05) is 78.8 Å². The van der Waals surface area contributed by atoms with E-state index in [4.69, 9.17) is 43.2 Å². The van der Waals surface area contributed by atoms with Gasteiger partial charge < -0.3 is 34.4 Å². The van der Waals surface area contributed by atoms with Crippen LogP contribution in [0.4, 0.5) is 0 Å². The van der Waals surface area contributed by atoms with E-state index in [-0.39, 0.29) is 67.9 Å². The number of hydrogen-bond acceptors (Lipinski definition) is 11. The number of benzene rings is 2. The number of nitrogens with zero attached hydrogens (tertiary/aromatic N) is 7. The highest BCUT2D eigenvalue weighted by Gasteiger charge is 2.49. The summed E-state index contributed by atoms with van der Waals surface area (Å²) in [5.41, 5.74) is 2.96. The first-order valence-electron chi connectivity index (χ1n) is 21.6. The van der Waals surface area contributed by atoms with E-state index in [1.807, 2.05) is 35.2 Å². The van der Waals surface area contributed by atoms with Gasteiger partial charge in [0.2, 0.25) is 11.8 Å². The van der Waals surface area contributed by atoms with E-state index in [2.05, 4.69) is 37.0 Å². The zero-order chi connectivity index (χ0) is 42.6. The second-order valence-corrected chi connectivity index (χ2v) is 16.6. The van der Waals surface area contributed by atoms with Crippen molar-refractivity contribution in [2.24, 2.45) is 0 Å². The molecule has 7 radical (unpaired) electrons. The van der Waals surface area contributed by atoms with Gasteiger partial charge in [-0.15, -0.1) is 12.4 Å². The number of ether oxygens (including phenoxy) is 2. The maximum absolute atomic E-state index is 13.4. The molecule has 13 nitrogen and oxygen atoms in total. The van der Waals surface area contributed by atoms with E-state index >= 15 is 0 Å². The molecule has 0 bridgehead atoms. The van der Waals surface area contributed by atoms with Gasteiger partial charge in [-0.25, -0.2) is 0 Å². The van der Waals surface area contributed by atoms with Crippen LogP contribution in [0.1, 0.15) is 55.4 Å². The summed E-state index contributed by atoms with van der Waals surface area (Å²) in [6.07, 6.45) is 5.01. The third kappa shape index (κ3) is 13.2. The van der Waals surface area contributed by atoms with Gasteiger partial charge in [0, 0.05) is 68.9 Å². The second-order valence-electron chi connectivity index (χ2n) is 16.6. The SMILES string of the molecule is C.CB(O)N1CCN(C(=O)Cc2cccc(C#N)c2)[C@H]2[C@H]1COC[C@@H]2N1CCCC1.Cl.N#Cc1cccc(CC(=O)N2CCN[C@@H]3COC[C@H](N4CCCC4)[C@H]32)c1.[B][B]B([B])[B]. The largest absolute Gasteiger partial charge is 0.437 e.